The normalized spacial score (nSPS) is 19.1. The largest absolute Gasteiger partial charge is 0.479 e. The van der Waals surface area contributed by atoms with Crippen LogP contribution in [0.15, 0.2) is 0 Å². The van der Waals surface area contributed by atoms with Gasteiger partial charge in [-0.2, -0.15) is 0 Å². The standard InChI is InChI=1S/C12H16N2O5S/c1-7-10(20-9(13-7)6-18-2)11(15)14-3-4-19-8(5-14)12(16)17/h8H,3-6H2,1-2H3,(H,16,17). The van der Waals surface area contributed by atoms with Crippen molar-refractivity contribution in [2.24, 2.45) is 0 Å². The molecule has 7 nitrogen and oxygen atoms in total. The van der Waals surface area contributed by atoms with Crippen molar-refractivity contribution in [3.05, 3.63) is 15.6 Å². The van der Waals surface area contributed by atoms with Crippen LogP contribution in [0.2, 0.25) is 0 Å². The van der Waals surface area contributed by atoms with Crippen molar-refractivity contribution < 1.29 is 24.2 Å². The van der Waals surface area contributed by atoms with Crippen LogP contribution >= 0.6 is 11.3 Å². The van der Waals surface area contributed by atoms with Gasteiger partial charge in [-0.25, -0.2) is 9.78 Å². The molecule has 0 saturated carbocycles. The lowest BCUT2D eigenvalue weighted by Gasteiger charge is -2.30. The van der Waals surface area contributed by atoms with Gasteiger partial charge in [0.25, 0.3) is 5.91 Å². The fraction of sp³-hybridized carbons (Fsp3) is 0.583. The van der Waals surface area contributed by atoms with Gasteiger partial charge in [0.1, 0.15) is 9.88 Å². The van der Waals surface area contributed by atoms with Gasteiger partial charge in [0.05, 0.1) is 25.5 Å². The number of carboxylic acid groups (broad SMARTS) is 1. The Morgan fingerprint density at radius 3 is 3.00 bits per heavy atom. The van der Waals surface area contributed by atoms with E-state index in [1.54, 1.807) is 14.0 Å². The number of amides is 1. The maximum absolute atomic E-state index is 12.4. The number of aliphatic carboxylic acids is 1. The van der Waals surface area contributed by atoms with Crippen molar-refractivity contribution in [1.29, 1.82) is 0 Å². The van der Waals surface area contributed by atoms with Crippen LogP contribution in [0.5, 0.6) is 0 Å². The maximum atomic E-state index is 12.4. The van der Waals surface area contributed by atoms with Crippen molar-refractivity contribution in [1.82, 2.24) is 9.88 Å². The molecule has 20 heavy (non-hydrogen) atoms. The SMILES string of the molecule is COCc1nc(C)c(C(=O)N2CCOC(C(=O)O)C2)s1. The van der Waals surface area contributed by atoms with Gasteiger partial charge in [-0.3, -0.25) is 4.79 Å². The Labute approximate surface area is 120 Å². The fourth-order valence-corrected chi connectivity index (χ4v) is 2.97. The first kappa shape index (κ1) is 14.9. The molecule has 1 aliphatic rings. The molecule has 110 valence electrons. The number of rotatable bonds is 4. The average molecular weight is 300 g/mol. The van der Waals surface area contributed by atoms with Gasteiger partial charge in [-0.15, -0.1) is 11.3 Å². The number of carbonyl (C=O) groups is 2. The molecule has 2 rings (SSSR count). The summed E-state index contributed by atoms with van der Waals surface area (Å²) in [5.41, 5.74) is 0.644. The molecule has 1 aliphatic heterocycles. The third-order valence-corrected chi connectivity index (χ3v) is 4.05. The second-order valence-electron chi connectivity index (χ2n) is 4.40. The molecule has 0 aliphatic carbocycles. The summed E-state index contributed by atoms with van der Waals surface area (Å²) in [4.78, 5) is 29.6. The second kappa shape index (κ2) is 6.29. The predicted molar refractivity (Wildman–Crippen MR) is 70.8 cm³/mol. The van der Waals surface area contributed by atoms with Crippen LogP contribution in [0.3, 0.4) is 0 Å². The first-order chi connectivity index (χ1) is 9.52. The number of morpholine rings is 1. The minimum Gasteiger partial charge on any atom is -0.479 e. The third kappa shape index (κ3) is 3.14. The van der Waals surface area contributed by atoms with Crippen LogP contribution in [0.25, 0.3) is 0 Å². The Kier molecular flexibility index (Phi) is 4.69. The number of carbonyl (C=O) groups excluding carboxylic acids is 1. The molecule has 1 N–H and O–H groups in total. The van der Waals surface area contributed by atoms with Crippen LogP contribution in [0.4, 0.5) is 0 Å². The van der Waals surface area contributed by atoms with Crippen LogP contribution in [-0.4, -0.2) is 59.8 Å². The van der Waals surface area contributed by atoms with E-state index in [1.807, 2.05) is 0 Å². The first-order valence-corrected chi connectivity index (χ1v) is 6.93. The first-order valence-electron chi connectivity index (χ1n) is 6.12. The Morgan fingerprint density at radius 1 is 1.60 bits per heavy atom. The molecule has 2 heterocycles. The van der Waals surface area contributed by atoms with Gasteiger partial charge in [-0.05, 0) is 6.92 Å². The Hall–Kier alpha value is -1.51. The molecule has 1 unspecified atom stereocenters. The van der Waals surface area contributed by atoms with Crippen LogP contribution in [0, 0.1) is 6.92 Å². The van der Waals surface area contributed by atoms with Crippen molar-refractivity contribution >= 4 is 23.2 Å². The lowest BCUT2D eigenvalue weighted by molar-refractivity contribution is -0.154. The topological polar surface area (TPSA) is 89.0 Å². The zero-order valence-electron chi connectivity index (χ0n) is 11.3. The van der Waals surface area contributed by atoms with Crippen LogP contribution in [0.1, 0.15) is 20.4 Å². The number of hydrogen-bond acceptors (Lipinski definition) is 6. The Bertz CT molecular complexity index is 516. The zero-order chi connectivity index (χ0) is 14.7. The van der Waals surface area contributed by atoms with Gasteiger partial charge in [-0.1, -0.05) is 0 Å². The van der Waals surface area contributed by atoms with Crippen molar-refractivity contribution in [3.63, 3.8) is 0 Å². The molecular weight excluding hydrogens is 284 g/mol. The van der Waals surface area contributed by atoms with Gasteiger partial charge in [0.2, 0.25) is 0 Å². The van der Waals surface area contributed by atoms with Crippen molar-refractivity contribution in [3.8, 4) is 0 Å². The molecule has 1 saturated heterocycles. The van der Waals surface area contributed by atoms with E-state index in [-0.39, 0.29) is 19.1 Å². The second-order valence-corrected chi connectivity index (χ2v) is 5.49. The highest BCUT2D eigenvalue weighted by Crippen LogP contribution is 2.21. The predicted octanol–water partition coefficient (Wildman–Crippen LogP) is 0.524. The van der Waals surface area contributed by atoms with Gasteiger partial charge >= 0.3 is 5.97 Å². The number of ether oxygens (including phenoxy) is 2. The van der Waals surface area contributed by atoms with Crippen molar-refractivity contribution in [2.75, 3.05) is 26.8 Å². The zero-order valence-corrected chi connectivity index (χ0v) is 12.1. The fourth-order valence-electron chi connectivity index (χ4n) is 1.96. The summed E-state index contributed by atoms with van der Waals surface area (Å²) >= 11 is 1.28. The number of carboxylic acids is 1. The third-order valence-electron chi connectivity index (χ3n) is 2.93. The van der Waals surface area contributed by atoms with E-state index < -0.39 is 12.1 Å². The van der Waals surface area contributed by atoms with E-state index in [0.717, 1.165) is 5.01 Å². The monoisotopic (exact) mass is 300 g/mol. The van der Waals surface area contributed by atoms with Gasteiger partial charge < -0.3 is 19.5 Å². The summed E-state index contributed by atoms with van der Waals surface area (Å²) < 4.78 is 10.1. The van der Waals surface area contributed by atoms with E-state index in [9.17, 15) is 9.59 Å². The molecule has 1 amide bonds. The number of methoxy groups -OCH3 is 1. The number of nitrogens with zero attached hydrogens (tertiary/aromatic N) is 2. The molecule has 0 spiro atoms. The average Bonchev–Trinajstić information content (AvgIpc) is 2.79. The molecule has 0 bridgehead atoms. The lowest BCUT2D eigenvalue weighted by Crippen LogP contribution is -2.48. The van der Waals surface area contributed by atoms with Gasteiger partial charge in [0.15, 0.2) is 6.10 Å². The minimum absolute atomic E-state index is 0.0606. The highest BCUT2D eigenvalue weighted by Gasteiger charge is 2.31. The highest BCUT2D eigenvalue weighted by atomic mass is 32.1. The summed E-state index contributed by atoms with van der Waals surface area (Å²) in [6.07, 6.45) is -0.959. The number of thiazole rings is 1. The van der Waals surface area contributed by atoms with Crippen LogP contribution in [-0.2, 0) is 20.9 Å². The molecular formula is C12H16N2O5S. The smallest absolute Gasteiger partial charge is 0.334 e. The van der Waals surface area contributed by atoms with Crippen LogP contribution < -0.4 is 0 Å². The maximum Gasteiger partial charge on any atom is 0.334 e. The molecule has 0 radical (unpaired) electrons. The van der Waals surface area contributed by atoms with E-state index in [0.29, 0.717) is 23.7 Å². The van der Waals surface area contributed by atoms with E-state index in [2.05, 4.69) is 4.98 Å². The summed E-state index contributed by atoms with van der Waals surface area (Å²) in [5.74, 6) is -1.25. The molecule has 1 fully saturated rings. The van der Waals surface area contributed by atoms with E-state index in [1.165, 1.54) is 16.2 Å². The lowest BCUT2D eigenvalue weighted by atomic mass is 10.2. The number of aromatic nitrogens is 1. The molecule has 0 aromatic carbocycles. The molecule has 1 aromatic heterocycles. The molecule has 1 atom stereocenters. The number of aryl methyl sites for hydroxylation is 1. The summed E-state index contributed by atoms with van der Waals surface area (Å²) in [6, 6.07) is 0. The van der Waals surface area contributed by atoms with Gasteiger partial charge in [0, 0.05) is 13.7 Å². The number of hydrogen-bond donors (Lipinski definition) is 1. The summed E-state index contributed by atoms with van der Waals surface area (Å²) in [7, 11) is 1.57. The molecule has 8 heteroatoms. The van der Waals surface area contributed by atoms with E-state index in [4.69, 9.17) is 14.6 Å². The summed E-state index contributed by atoms with van der Waals surface area (Å²) in [6.45, 7) is 2.80. The minimum atomic E-state index is -1.05. The highest BCUT2D eigenvalue weighted by molar-refractivity contribution is 7.13. The Balaban J connectivity index is 2.12. The summed E-state index contributed by atoms with van der Waals surface area (Å²) in [5, 5.41) is 9.68. The molecule has 1 aromatic rings. The Morgan fingerprint density at radius 2 is 2.35 bits per heavy atom. The quantitative estimate of drug-likeness (QED) is 0.872. The van der Waals surface area contributed by atoms with Crippen molar-refractivity contribution in [2.45, 2.75) is 19.6 Å². The van der Waals surface area contributed by atoms with E-state index >= 15 is 0 Å².